The van der Waals surface area contributed by atoms with Crippen LogP contribution in [0.15, 0.2) is 24.4 Å². The van der Waals surface area contributed by atoms with E-state index in [1.165, 1.54) is 0 Å². The minimum atomic E-state index is -0.305. The standard InChI is InChI=1S/C13H14N6O/c1-2-7-6-15-19-12(7)16-13(20)11-9-5-8(14)3-4-10(9)17-18-11/h3-6H,2,14H2,1H3,(H,17,18)(H2,15,16,19,20). The lowest BCUT2D eigenvalue weighted by Gasteiger charge is -2.03. The van der Waals surface area contributed by atoms with Gasteiger partial charge in [-0.05, 0) is 24.6 Å². The number of nitrogen functional groups attached to an aromatic ring is 1. The number of hydrogen-bond acceptors (Lipinski definition) is 4. The van der Waals surface area contributed by atoms with Crippen LogP contribution in [0.5, 0.6) is 0 Å². The van der Waals surface area contributed by atoms with Gasteiger partial charge in [-0.2, -0.15) is 10.2 Å². The number of carbonyl (C=O) groups is 1. The number of H-pyrrole nitrogens is 2. The van der Waals surface area contributed by atoms with E-state index >= 15 is 0 Å². The molecule has 0 spiro atoms. The summed E-state index contributed by atoms with van der Waals surface area (Å²) in [5.41, 5.74) is 8.35. The molecular weight excluding hydrogens is 256 g/mol. The van der Waals surface area contributed by atoms with E-state index in [9.17, 15) is 4.79 Å². The number of carbonyl (C=O) groups excluding carboxylic acids is 1. The summed E-state index contributed by atoms with van der Waals surface area (Å²) < 4.78 is 0. The molecule has 0 unspecified atom stereocenters. The number of nitrogens with one attached hydrogen (secondary N) is 3. The van der Waals surface area contributed by atoms with Crippen molar-refractivity contribution in [3.05, 3.63) is 35.7 Å². The quantitative estimate of drug-likeness (QED) is 0.542. The van der Waals surface area contributed by atoms with Crippen molar-refractivity contribution in [2.45, 2.75) is 13.3 Å². The van der Waals surface area contributed by atoms with Gasteiger partial charge >= 0.3 is 0 Å². The Kier molecular flexibility index (Phi) is 2.86. The highest BCUT2D eigenvalue weighted by atomic mass is 16.2. The molecule has 102 valence electrons. The number of aromatic nitrogens is 4. The predicted molar refractivity (Wildman–Crippen MR) is 76.4 cm³/mol. The number of fused-ring (bicyclic) bond motifs is 1. The van der Waals surface area contributed by atoms with Crippen LogP contribution in [0.4, 0.5) is 11.5 Å². The Labute approximate surface area is 114 Å². The second-order valence-corrected chi connectivity index (χ2v) is 4.46. The fraction of sp³-hybridized carbons (Fsp3) is 0.154. The summed E-state index contributed by atoms with van der Waals surface area (Å²) in [5, 5.41) is 17.0. The Bertz CT molecular complexity index is 772. The van der Waals surface area contributed by atoms with Crippen LogP contribution in [0, 0.1) is 0 Å². The topological polar surface area (TPSA) is 112 Å². The summed E-state index contributed by atoms with van der Waals surface area (Å²) in [7, 11) is 0. The lowest BCUT2D eigenvalue weighted by molar-refractivity contribution is 0.102. The molecule has 3 aromatic rings. The largest absolute Gasteiger partial charge is 0.399 e. The van der Waals surface area contributed by atoms with Gasteiger partial charge in [0.05, 0.1) is 11.7 Å². The maximum absolute atomic E-state index is 12.3. The number of amides is 1. The lowest BCUT2D eigenvalue weighted by atomic mass is 10.2. The molecule has 20 heavy (non-hydrogen) atoms. The van der Waals surface area contributed by atoms with E-state index in [1.54, 1.807) is 24.4 Å². The molecule has 2 heterocycles. The summed E-state index contributed by atoms with van der Waals surface area (Å²) in [6, 6.07) is 5.27. The molecule has 1 aromatic carbocycles. The minimum absolute atomic E-state index is 0.305. The summed E-state index contributed by atoms with van der Waals surface area (Å²) >= 11 is 0. The van der Waals surface area contributed by atoms with Gasteiger partial charge in [0.25, 0.3) is 5.91 Å². The molecule has 0 radical (unpaired) electrons. The van der Waals surface area contributed by atoms with Gasteiger partial charge in [0.2, 0.25) is 0 Å². The Morgan fingerprint density at radius 2 is 2.25 bits per heavy atom. The molecule has 1 amide bonds. The SMILES string of the molecule is CCc1cn[nH]c1NC(=O)c1n[nH]c2ccc(N)cc12. The van der Waals surface area contributed by atoms with Crippen LogP contribution in [-0.4, -0.2) is 26.3 Å². The molecule has 0 atom stereocenters. The summed E-state index contributed by atoms with van der Waals surface area (Å²) in [5.74, 6) is 0.290. The van der Waals surface area contributed by atoms with E-state index in [1.807, 2.05) is 6.92 Å². The van der Waals surface area contributed by atoms with E-state index in [0.717, 1.165) is 17.5 Å². The third-order valence-electron chi connectivity index (χ3n) is 3.14. The molecule has 7 nitrogen and oxygen atoms in total. The predicted octanol–water partition coefficient (Wildman–Crippen LogP) is 1.68. The highest BCUT2D eigenvalue weighted by Crippen LogP contribution is 2.20. The Hall–Kier alpha value is -2.83. The Balaban J connectivity index is 1.95. The summed E-state index contributed by atoms with van der Waals surface area (Å²) in [6.07, 6.45) is 2.47. The highest BCUT2D eigenvalue weighted by Gasteiger charge is 2.16. The number of aryl methyl sites for hydroxylation is 1. The van der Waals surface area contributed by atoms with Crippen LogP contribution < -0.4 is 11.1 Å². The van der Waals surface area contributed by atoms with E-state index < -0.39 is 0 Å². The average Bonchev–Trinajstić information content (AvgIpc) is 3.04. The average molecular weight is 270 g/mol. The van der Waals surface area contributed by atoms with E-state index in [2.05, 4.69) is 25.7 Å². The number of rotatable bonds is 3. The van der Waals surface area contributed by atoms with Crippen molar-refractivity contribution in [2.24, 2.45) is 0 Å². The van der Waals surface area contributed by atoms with Crippen molar-refractivity contribution in [1.82, 2.24) is 20.4 Å². The lowest BCUT2D eigenvalue weighted by Crippen LogP contribution is -2.14. The molecule has 0 saturated heterocycles. The first-order chi connectivity index (χ1) is 9.69. The van der Waals surface area contributed by atoms with Gasteiger partial charge in [-0.25, -0.2) is 0 Å². The van der Waals surface area contributed by atoms with Gasteiger partial charge in [0, 0.05) is 16.6 Å². The summed E-state index contributed by atoms with van der Waals surface area (Å²) in [4.78, 5) is 12.3. The molecule has 0 aliphatic rings. The summed E-state index contributed by atoms with van der Waals surface area (Å²) in [6.45, 7) is 1.99. The van der Waals surface area contributed by atoms with E-state index in [-0.39, 0.29) is 5.91 Å². The molecule has 0 aliphatic carbocycles. The minimum Gasteiger partial charge on any atom is -0.399 e. The van der Waals surface area contributed by atoms with Crippen LogP contribution in [-0.2, 0) is 6.42 Å². The first-order valence-corrected chi connectivity index (χ1v) is 6.26. The zero-order chi connectivity index (χ0) is 14.1. The first-order valence-electron chi connectivity index (χ1n) is 6.26. The fourth-order valence-corrected chi connectivity index (χ4v) is 2.06. The maximum atomic E-state index is 12.3. The van der Waals surface area contributed by atoms with Crippen LogP contribution in [0.1, 0.15) is 23.0 Å². The fourth-order valence-electron chi connectivity index (χ4n) is 2.06. The Morgan fingerprint density at radius 3 is 3.05 bits per heavy atom. The van der Waals surface area contributed by atoms with Crippen molar-refractivity contribution in [3.63, 3.8) is 0 Å². The van der Waals surface area contributed by atoms with E-state index in [4.69, 9.17) is 5.73 Å². The second-order valence-electron chi connectivity index (χ2n) is 4.46. The van der Waals surface area contributed by atoms with Crippen LogP contribution in [0.3, 0.4) is 0 Å². The van der Waals surface area contributed by atoms with Crippen LogP contribution in [0.2, 0.25) is 0 Å². The van der Waals surface area contributed by atoms with Crippen molar-refractivity contribution >= 4 is 28.3 Å². The molecule has 0 saturated carbocycles. The second kappa shape index (κ2) is 4.69. The molecule has 0 fully saturated rings. The molecular formula is C13H14N6O. The maximum Gasteiger partial charge on any atom is 0.277 e. The van der Waals surface area contributed by atoms with Gasteiger partial charge in [0.15, 0.2) is 5.69 Å². The molecule has 5 N–H and O–H groups in total. The number of nitrogens with zero attached hydrogens (tertiary/aromatic N) is 2. The number of hydrogen-bond donors (Lipinski definition) is 4. The molecule has 0 aliphatic heterocycles. The zero-order valence-electron chi connectivity index (χ0n) is 10.9. The third-order valence-corrected chi connectivity index (χ3v) is 3.14. The number of anilines is 2. The highest BCUT2D eigenvalue weighted by molar-refractivity contribution is 6.11. The molecule has 7 heteroatoms. The number of benzene rings is 1. The van der Waals surface area contributed by atoms with Crippen molar-refractivity contribution in [3.8, 4) is 0 Å². The van der Waals surface area contributed by atoms with Crippen LogP contribution >= 0.6 is 0 Å². The van der Waals surface area contributed by atoms with E-state index in [0.29, 0.717) is 22.6 Å². The molecule has 0 bridgehead atoms. The van der Waals surface area contributed by atoms with Gasteiger partial charge in [-0.1, -0.05) is 6.92 Å². The molecule has 3 rings (SSSR count). The normalized spacial score (nSPS) is 10.8. The van der Waals surface area contributed by atoms with Gasteiger partial charge < -0.3 is 11.1 Å². The van der Waals surface area contributed by atoms with Crippen LogP contribution in [0.25, 0.3) is 10.9 Å². The number of nitrogens with two attached hydrogens (primary N) is 1. The third kappa shape index (κ3) is 1.99. The van der Waals surface area contributed by atoms with Crippen molar-refractivity contribution in [2.75, 3.05) is 11.1 Å². The zero-order valence-corrected chi connectivity index (χ0v) is 10.9. The molecule has 2 aromatic heterocycles. The van der Waals surface area contributed by atoms with Gasteiger partial charge in [-0.3, -0.25) is 15.0 Å². The number of aromatic amines is 2. The monoisotopic (exact) mass is 270 g/mol. The van der Waals surface area contributed by atoms with Gasteiger partial charge in [-0.15, -0.1) is 0 Å². The van der Waals surface area contributed by atoms with Crippen molar-refractivity contribution < 1.29 is 4.79 Å². The van der Waals surface area contributed by atoms with Crippen molar-refractivity contribution in [1.29, 1.82) is 0 Å². The Morgan fingerprint density at radius 1 is 1.40 bits per heavy atom. The van der Waals surface area contributed by atoms with Gasteiger partial charge in [0.1, 0.15) is 5.82 Å². The first kappa shape index (κ1) is 12.2. The smallest absolute Gasteiger partial charge is 0.277 e.